The zero-order chi connectivity index (χ0) is 19.6. The molecule has 0 aliphatic heterocycles. The van der Waals surface area contributed by atoms with E-state index in [2.05, 4.69) is 20.4 Å². The molecule has 0 saturated heterocycles. The molecule has 27 heavy (non-hydrogen) atoms. The third-order valence-corrected chi connectivity index (χ3v) is 3.95. The summed E-state index contributed by atoms with van der Waals surface area (Å²) in [6, 6.07) is 6.01. The van der Waals surface area contributed by atoms with Crippen molar-refractivity contribution in [3.8, 4) is 5.82 Å². The third kappa shape index (κ3) is 4.08. The number of hydrogen-bond donors (Lipinski definition) is 1. The van der Waals surface area contributed by atoms with Gasteiger partial charge in [-0.2, -0.15) is 13.9 Å². The van der Waals surface area contributed by atoms with Gasteiger partial charge in [-0.15, -0.1) is 0 Å². The lowest BCUT2D eigenvalue weighted by Gasteiger charge is -2.11. The van der Waals surface area contributed by atoms with E-state index in [-0.39, 0.29) is 23.8 Å². The Bertz CT molecular complexity index is 982. The fraction of sp³-hybridized carbons (Fsp3) is 0.333. The summed E-state index contributed by atoms with van der Waals surface area (Å²) in [6.07, 6.45) is 1.78. The summed E-state index contributed by atoms with van der Waals surface area (Å²) in [7, 11) is 1.51. The van der Waals surface area contributed by atoms with E-state index in [0.717, 1.165) is 12.3 Å². The fourth-order valence-corrected chi connectivity index (χ4v) is 2.59. The molecule has 0 bridgehead atoms. The van der Waals surface area contributed by atoms with Gasteiger partial charge in [0.2, 0.25) is 5.91 Å². The SMILES string of the molecule is COCCC(=O)Nc1cc2c(cn1)c(C)nn2-c1cccc(C(C)(F)F)n1. The Morgan fingerprint density at radius 1 is 1.37 bits per heavy atom. The molecule has 0 spiro atoms. The standard InChI is InChI=1S/C18H19F2N5O2/c1-11-12-10-21-15(23-17(26)7-8-27-3)9-13(12)25(24-11)16-6-4-5-14(22-16)18(2,19)20/h4-6,9-10H,7-8H2,1-3H3,(H,21,23,26). The number of halogens is 2. The number of carbonyl (C=O) groups is 1. The number of aryl methyl sites for hydroxylation is 1. The van der Waals surface area contributed by atoms with Crippen LogP contribution < -0.4 is 5.32 Å². The molecule has 9 heteroatoms. The fourth-order valence-electron chi connectivity index (χ4n) is 2.59. The maximum Gasteiger partial charge on any atom is 0.287 e. The maximum absolute atomic E-state index is 13.6. The Kier molecular flexibility index (Phi) is 5.13. The molecule has 0 atom stereocenters. The van der Waals surface area contributed by atoms with Gasteiger partial charge in [0.15, 0.2) is 5.82 Å². The minimum Gasteiger partial charge on any atom is -0.384 e. The molecule has 3 aromatic rings. The Balaban J connectivity index is 2.01. The second kappa shape index (κ2) is 7.36. The van der Waals surface area contributed by atoms with Gasteiger partial charge < -0.3 is 10.1 Å². The molecular formula is C18H19F2N5O2. The van der Waals surface area contributed by atoms with Gasteiger partial charge in [-0.1, -0.05) is 6.07 Å². The van der Waals surface area contributed by atoms with E-state index in [4.69, 9.17) is 4.74 Å². The summed E-state index contributed by atoms with van der Waals surface area (Å²) >= 11 is 0. The van der Waals surface area contributed by atoms with E-state index in [1.54, 1.807) is 25.3 Å². The Morgan fingerprint density at radius 3 is 2.85 bits per heavy atom. The molecule has 0 radical (unpaired) electrons. The van der Waals surface area contributed by atoms with E-state index in [1.165, 1.54) is 23.9 Å². The van der Waals surface area contributed by atoms with Crippen molar-refractivity contribution in [1.82, 2.24) is 19.7 Å². The van der Waals surface area contributed by atoms with Crippen LogP contribution in [0.5, 0.6) is 0 Å². The first kappa shape index (κ1) is 18.8. The zero-order valence-corrected chi connectivity index (χ0v) is 15.2. The van der Waals surface area contributed by atoms with Crippen molar-refractivity contribution >= 4 is 22.6 Å². The van der Waals surface area contributed by atoms with Crippen molar-refractivity contribution in [2.75, 3.05) is 19.0 Å². The summed E-state index contributed by atoms with van der Waals surface area (Å²) in [5, 5.41) is 7.81. The maximum atomic E-state index is 13.6. The molecule has 3 heterocycles. The van der Waals surface area contributed by atoms with Crippen molar-refractivity contribution in [1.29, 1.82) is 0 Å². The van der Waals surface area contributed by atoms with Crippen LogP contribution in [0.4, 0.5) is 14.6 Å². The Labute approximate surface area is 154 Å². The van der Waals surface area contributed by atoms with Crippen molar-refractivity contribution in [2.45, 2.75) is 26.2 Å². The quantitative estimate of drug-likeness (QED) is 0.715. The number of methoxy groups -OCH3 is 1. The lowest BCUT2D eigenvalue weighted by atomic mass is 10.2. The number of alkyl halides is 2. The van der Waals surface area contributed by atoms with E-state index < -0.39 is 5.92 Å². The second-order valence-corrected chi connectivity index (χ2v) is 6.14. The van der Waals surface area contributed by atoms with Crippen LogP contribution in [-0.2, 0) is 15.5 Å². The van der Waals surface area contributed by atoms with Gasteiger partial charge in [-0.05, 0) is 19.1 Å². The Morgan fingerprint density at radius 2 is 2.15 bits per heavy atom. The van der Waals surface area contributed by atoms with Crippen LogP contribution >= 0.6 is 0 Å². The van der Waals surface area contributed by atoms with Gasteiger partial charge in [0.05, 0.1) is 24.2 Å². The number of pyridine rings is 2. The molecule has 0 unspecified atom stereocenters. The largest absolute Gasteiger partial charge is 0.384 e. The van der Waals surface area contributed by atoms with Crippen LogP contribution in [-0.4, -0.2) is 39.4 Å². The number of aromatic nitrogens is 4. The van der Waals surface area contributed by atoms with Crippen LogP contribution in [0.15, 0.2) is 30.5 Å². The number of ether oxygens (including phenoxy) is 1. The highest BCUT2D eigenvalue weighted by molar-refractivity contribution is 5.92. The highest BCUT2D eigenvalue weighted by Crippen LogP contribution is 2.27. The predicted octanol–water partition coefficient (Wildman–Crippen LogP) is 3.21. The van der Waals surface area contributed by atoms with Crippen LogP contribution in [0.25, 0.3) is 16.7 Å². The number of anilines is 1. The van der Waals surface area contributed by atoms with Gasteiger partial charge in [0.1, 0.15) is 11.5 Å². The molecule has 0 aliphatic rings. The molecule has 0 aliphatic carbocycles. The molecule has 0 fully saturated rings. The van der Waals surface area contributed by atoms with Crippen LogP contribution in [0.3, 0.4) is 0 Å². The van der Waals surface area contributed by atoms with E-state index >= 15 is 0 Å². The first-order valence-electron chi connectivity index (χ1n) is 8.29. The van der Waals surface area contributed by atoms with Crippen molar-refractivity contribution in [2.24, 2.45) is 0 Å². The second-order valence-electron chi connectivity index (χ2n) is 6.14. The van der Waals surface area contributed by atoms with Crippen LogP contribution in [0, 0.1) is 6.92 Å². The molecular weight excluding hydrogens is 356 g/mol. The normalized spacial score (nSPS) is 11.7. The Hall–Kier alpha value is -2.94. The molecule has 1 N–H and O–H groups in total. The number of nitrogens with one attached hydrogen (secondary N) is 1. The molecule has 0 aromatic carbocycles. The van der Waals surface area contributed by atoms with E-state index in [0.29, 0.717) is 23.6 Å². The highest BCUT2D eigenvalue weighted by Gasteiger charge is 2.26. The number of hydrogen-bond acceptors (Lipinski definition) is 5. The van der Waals surface area contributed by atoms with E-state index in [1.807, 2.05) is 0 Å². The van der Waals surface area contributed by atoms with Gasteiger partial charge >= 0.3 is 0 Å². The van der Waals surface area contributed by atoms with E-state index in [9.17, 15) is 13.6 Å². The average Bonchev–Trinajstić information content (AvgIpc) is 2.95. The van der Waals surface area contributed by atoms with Crippen LogP contribution in [0.2, 0.25) is 0 Å². The lowest BCUT2D eigenvalue weighted by Crippen LogP contribution is -2.14. The molecule has 142 valence electrons. The molecule has 3 aromatic heterocycles. The number of nitrogens with zero attached hydrogens (tertiary/aromatic N) is 4. The van der Waals surface area contributed by atoms with Crippen molar-refractivity contribution < 1.29 is 18.3 Å². The monoisotopic (exact) mass is 375 g/mol. The minimum absolute atomic E-state index is 0.198. The number of rotatable bonds is 6. The summed E-state index contributed by atoms with van der Waals surface area (Å²) in [5.41, 5.74) is 0.933. The first-order valence-corrected chi connectivity index (χ1v) is 8.29. The number of amides is 1. The number of fused-ring (bicyclic) bond motifs is 1. The number of carbonyl (C=O) groups excluding carboxylic acids is 1. The molecule has 1 amide bonds. The molecule has 7 nitrogen and oxygen atoms in total. The van der Waals surface area contributed by atoms with Crippen molar-refractivity contribution in [3.63, 3.8) is 0 Å². The average molecular weight is 375 g/mol. The van der Waals surface area contributed by atoms with Gasteiger partial charge in [0, 0.05) is 31.7 Å². The lowest BCUT2D eigenvalue weighted by molar-refractivity contribution is -0.117. The topological polar surface area (TPSA) is 81.9 Å². The van der Waals surface area contributed by atoms with Gasteiger partial charge in [-0.3, -0.25) is 4.79 Å². The minimum atomic E-state index is -3.06. The van der Waals surface area contributed by atoms with Crippen LogP contribution in [0.1, 0.15) is 24.7 Å². The smallest absolute Gasteiger partial charge is 0.287 e. The molecule has 0 saturated carbocycles. The van der Waals surface area contributed by atoms with Crippen molar-refractivity contribution in [3.05, 3.63) is 41.9 Å². The summed E-state index contributed by atoms with van der Waals surface area (Å²) in [5.74, 6) is -2.70. The van der Waals surface area contributed by atoms with Gasteiger partial charge in [0.25, 0.3) is 5.92 Å². The predicted molar refractivity (Wildman–Crippen MR) is 96.1 cm³/mol. The first-order chi connectivity index (χ1) is 12.8. The summed E-state index contributed by atoms with van der Waals surface area (Å²) < 4.78 is 33.6. The summed E-state index contributed by atoms with van der Waals surface area (Å²) in [6.45, 7) is 2.88. The zero-order valence-electron chi connectivity index (χ0n) is 15.2. The summed E-state index contributed by atoms with van der Waals surface area (Å²) in [4.78, 5) is 20.1. The third-order valence-electron chi connectivity index (χ3n) is 3.95. The van der Waals surface area contributed by atoms with Gasteiger partial charge in [-0.25, -0.2) is 14.6 Å². The highest BCUT2D eigenvalue weighted by atomic mass is 19.3. The molecule has 3 rings (SSSR count).